The van der Waals surface area contributed by atoms with Gasteiger partial charge >= 0.3 is 0 Å². The van der Waals surface area contributed by atoms with Crippen LogP contribution >= 0.6 is 15.9 Å². The summed E-state index contributed by atoms with van der Waals surface area (Å²) in [6, 6.07) is 5.40. The van der Waals surface area contributed by atoms with Gasteiger partial charge in [-0.3, -0.25) is 4.79 Å². The van der Waals surface area contributed by atoms with Gasteiger partial charge in [0.05, 0.1) is 11.6 Å². The van der Waals surface area contributed by atoms with Crippen LogP contribution in [0.3, 0.4) is 0 Å². The molecule has 0 N–H and O–H groups in total. The second kappa shape index (κ2) is 7.41. The van der Waals surface area contributed by atoms with Gasteiger partial charge in [-0.25, -0.2) is 0 Å². The maximum absolute atomic E-state index is 12.2. The lowest BCUT2D eigenvalue weighted by atomic mass is 10.2. The predicted molar refractivity (Wildman–Crippen MR) is 77.2 cm³/mol. The molecule has 0 radical (unpaired) electrons. The molecule has 18 heavy (non-hydrogen) atoms. The molecule has 1 aromatic rings. The molecule has 0 spiro atoms. The van der Waals surface area contributed by atoms with E-state index in [1.54, 1.807) is 30.2 Å². The van der Waals surface area contributed by atoms with Gasteiger partial charge in [0.25, 0.3) is 5.91 Å². The summed E-state index contributed by atoms with van der Waals surface area (Å²) in [5.41, 5.74) is 0.682. The standard InChI is InChI=1S/C14H20BrNO2/c1-4-5-6-9-16(2)14(17)11-7-8-13(18-3)12(15)10-11/h7-8,10H,4-6,9H2,1-3H3. The number of benzene rings is 1. The van der Waals surface area contributed by atoms with Crippen molar-refractivity contribution in [2.24, 2.45) is 0 Å². The smallest absolute Gasteiger partial charge is 0.253 e. The topological polar surface area (TPSA) is 29.5 Å². The zero-order chi connectivity index (χ0) is 13.5. The average molecular weight is 314 g/mol. The van der Waals surface area contributed by atoms with Gasteiger partial charge in [0.1, 0.15) is 5.75 Å². The summed E-state index contributed by atoms with van der Waals surface area (Å²) in [7, 11) is 3.45. The summed E-state index contributed by atoms with van der Waals surface area (Å²) in [6.07, 6.45) is 3.37. The van der Waals surface area contributed by atoms with Crippen LogP contribution in [0, 0.1) is 0 Å². The molecule has 0 bridgehead atoms. The molecule has 1 rings (SSSR count). The minimum Gasteiger partial charge on any atom is -0.496 e. The Bertz CT molecular complexity index is 407. The second-order valence-electron chi connectivity index (χ2n) is 4.28. The number of carbonyl (C=O) groups excluding carboxylic acids is 1. The first-order valence-electron chi connectivity index (χ1n) is 6.19. The van der Waals surface area contributed by atoms with E-state index < -0.39 is 0 Å². The average Bonchev–Trinajstić information content (AvgIpc) is 2.38. The molecule has 0 saturated carbocycles. The third-order valence-electron chi connectivity index (χ3n) is 2.84. The molecule has 0 saturated heterocycles. The zero-order valence-corrected chi connectivity index (χ0v) is 12.8. The van der Waals surface area contributed by atoms with E-state index >= 15 is 0 Å². The fourth-order valence-corrected chi connectivity index (χ4v) is 2.26. The van der Waals surface area contributed by atoms with Crippen LogP contribution in [0.25, 0.3) is 0 Å². The number of methoxy groups -OCH3 is 1. The molecule has 100 valence electrons. The van der Waals surface area contributed by atoms with Crippen molar-refractivity contribution < 1.29 is 9.53 Å². The first-order valence-corrected chi connectivity index (χ1v) is 6.98. The van der Waals surface area contributed by atoms with Crippen LogP contribution in [-0.2, 0) is 0 Å². The molecule has 0 aliphatic heterocycles. The minimum atomic E-state index is 0.0504. The normalized spacial score (nSPS) is 10.2. The van der Waals surface area contributed by atoms with Crippen LogP contribution in [0.2, 0.25) is 0 Å². The highest BCUT2D eigenvalue weighted by atomic mass is 79.9. The molecule has 0 aliphatic carbocycles. The number of unbranched alkanes of at least 4 members (excludes halogenated alkanes) is 2. The van der Waals surface area contributed by atoms with Crippen molar-refractivity contribution >= 4 is 21.8 Å². The lowest BCUT2D eigenvalue weighted by molar-refractivity contribution is 0.0792. The Morgan fingerprint density at radius 2 is 2.11 bits per heavy atom. The molecule has 0 fully saturated rings. The monoisotopic (exact) mass is 313 g/mol. The Morgan fingerprint density at radius 3 is 2.67 bits per heavy atom. The summed E-state index contributed by atoms with van der Waals surface area (Å²) in [5.74, 6) is 0.787. The van der Waals surface area contributed by atoms with E-state index in [9.17, 15) is 4.79 Å². The molecule has 0 aliphatic rings. The Morgan fingerprint density at radius 1 is 1.39 bits per heavy atom. The number of amides is 1. The van der Waals surface area contributed by atoms with Crippen LogP contribution in [0.5, 0.6) is 5.75 Å². The van der Waals surface area contributed by atoms with Gasteiger partial charge in [-0.05, 0) is 40.5 Å². The van der Waals surface area contributed by atoms with Crippen LogP contribution in [0.1, 0.15) is 36.5 Å². The van der Waals surface area contributed by atoms with Crippen LogP contribution in [0.4, 0.5) is 0 Å². The van der Waals surface area contributed by atoms with Crippen molar-refractivity contribution in [3.05, 3.63) is 28.2 Å². The highest BCUT2D eigenvalue weighted by Gasteiger charge is 2.12. The van der Waals surface area contributed by atoms with E-state index in [0.717, 1.165) is 36.0 Å². The maximum atomic E-state index is 12.2. The van der Waals surface area contributed by atoms with Gasteiger partial charge < -0.3 is 9.64 Å². The minimum absolute atomic E-state index is 0.0504. The van der Waals surface area contributed by atoms with Crippen molar-refractivity contribution in [3.63, 3.8) is 0 Å². The summed E-state index contributed by atoms with van der Waals surface area (Å²) in [6.45, 7) is 2.96. The molecule has 4 heteroatoms. The van der Waals surface area contributed by atoms with E-state index in [4.69, 9.17) is 4.74 Å². The Balaban J connectivity index is 2.68. The van der Waals surface area contributed by atoms with E-state index in [2.05, 4.69) is 22.9 Å². The van der Waals surface area contributed by atoms with E-state index in [-0.39, 0.29) is 5.91 Å². The molecular formula is C14H20BrNO2. The number of hydrogen-bond donors (Lipinski definition) is 0. The lowest BCUT2D eigenvalue weighted by Gasteiger charge is -2.17. The van der Waals surface area contributed by atoms with Gasteiger partial charge in [0.2, 0.25) is 0 Å². The molecule has 0 heterocycles. The largest absolute Gasteiger partial charge is 0.496 e. The summed E-state index contributed by atoms with van der Waals surface area (Å²) >= 11 is 3.39. The van der Waals surface area contributed by atoms with Gasteiger partial charge in [0, 0.05) is 19.2 Å². The third-order valence-corrected chi connectivity index (χ3v) is 3.46. The molecule has 1 aromatic carbocycles. The third kappa shape index (κ3) is 4.02. The summed E-state index contributed by atoms with van der Waals surface area (Å²) in [4.78, 5) is 13.9. The summed E-state index contributed by atoms with van der Waals surface area (Å²) < 4.78 is 5.95. The van der Waals surface area contributed by atoms with Crippen molar-refractivity contribution in [1.82, 2.24) is 4.90 Å². The van der Waals surface area contributed by atoms with Crippen molar-refractivity contribution in [2.45, 2.75) is 26.2 Å². The van der Waals surface area contributed by atoms with E-state index in [1.807, 2.05) is 7.05 Å². The second-order valence-corrected chi connectivity index (χ2v) is 5.14. The number of hydrogen-bond acceptors (Lipinski definition) is 2. The lowest BCUT2D eigenvalue weighted by Crippen LogP contribution is -2.27. The van der Waals surface area contributed by atoms with Crippen LogP contribution in [-0.4, -0.2) is 31.5 Å². The maximum Gasteiger partial charge on any atom is 0.253 e. The number of rotatable bonds is 6. The number of ether oxygens (including phenoxy) is 1. The van der Waals surface area contributed by atoms with Gasteiger partial charge in [0.15, 0.2) is 0 Å². The highest BCUT2D eigenvalue weighted by molar-refractivity contribution is 9.10. The zero-order valence-electron chi connectivity index (χ0n) is 11.2. The Hall–Kier alpha value is -1.03. The quantitative estimate of drug-likeness (QED) is 0.749. The molecular weight excluding hydrogens is 294 g/mol. The SMILES string of the molecule is CCCCCN(C)C(=O)c1ccc(OC)c(Br)c1. The number of carbonyl (C=O) groups is 1. The number of halogens is 1. The van der Waals surface area contributed by atoms with Gasteiger partial charge in [-0.15, -0.1) is 0 Å². The molecule has 1 amide bonds. The fourth-order valence-electron chi connectivity index (χ4n) is 1.72. The van der Waals surface area contributed by atoms with Gasteiger partial charge in [-0.1, -0.05) is 19.8 Å². The van der Waals surface area contributed by atoms with Crippen molar-refractivity contribution in [2.75, 3.05) is 20.7 Å². The first-order chi connectivity index (χ1) is 8.60. The highest BCUT2D eigenvalue weighted by Crippen LogP contribution is 2.25. The molecule has 3 nitrogen and oxygen atoms in total. The summed E-state index contributed by atoms with van der Waals surface area (Å²) in [5, 5.41) is 0. The predicted octanol–water partition coefficient (Wildman–Crippen LogP) is 3.72. The van der Waals surface area contributed by atoms with E-state index in [0.29, 0.717) is 5.56 Å². The fraction of sp³-hybridized carbons (Fsp3) is 0.500. The molecule has 0 aromatic heterocycles. The van der Waals surface area contributed by atoms with Gasteiger partial charge in [-0.2, -0.15) is 0 Å². The van der Waals surface area contributed by atoms with Crippen molar-refractivity contribution in [3.8, 4) is 5.75 Å². The molecule has 0 unspecified atom stereocenters. The van der Waals surface area contributed by atoms with Crippen LogP contribution < -0.4 is 4.74 Å². The van der Waals surface area contributed by atoms with Crippen molar-refractivity contribution in [1.29, 1.82) is 0 Å². The van der Waals surface area contributed by atoms with Crippen LogP contribution in [0.15, 0.2) is 22.7 Å². The molecule has 0 atom stereocenters. The Labute approximate surface area is 117 Å². The van der Waals surface area contributed by atoms with E-state index in [1.165, 1.54) is 0 Å². The number of nitrogens with zero attached hydrogens (tertiary/aromatic N) is 1. The Kier molecular flexibility index (Phi) is 6.19. The first kappa shape index (κ1) is 15.0.